The summed E-state index contributed by atoms with van der Waals surface area (Å²) in [5, 5.41) is 7.67. The molecule has 1 aromatic heterocycles. The number of thioether (sulfide) groups is 1. The van der Waals surface area contributed by atoms with Crippen molar-refractivity contribution >= 4 is 23.4 Å². The van der Waals surface area contributed by atoms with Gasteiger partial charge < -0.3 is 10.6 Å². The maximum absolute atomic E-state index is 4.47. The molecule has 0 radical (unpaired) electrons. The molecule has 1 aromatic rings. The van der Waals surface area contributed by atoms with Crippen molar-refractivity contribution < 1.29 is 0 Å². The zero-order valence-corrected chi connectivity index (χ0v) is 13.8. The Morgan fingerprint density at radius 1 is 1.15 bits per heavy atom. The molecule has 1 fully saturated rings. The van der Waals surface area contributed by atoms with Gasteiger partial charge in [-0.15, -0.1) is 0 Å². The normalized spacial score (nSPS) is 22.9. The standard InChI is InChI=1S/C15H26N4S/c1-10(2)13-14(16-3)17-9-18-15(13)19-11-5-7-12(20-4)8-6-11/h9-12H,5-8H2,1-4H3,(H2,16,17,18,19). The van der Waals surface area contributed by atoms with Crippen LogP contribution in [0.25, 0.3) is 0 Å². The predicted molar refractivity (Wildman–Crippen MR) is 88.8 cm³/mol. The van der Waals surface area contributed by atoms with Crippen LogP contribution < -0.4 is 10.6 Å². The lowest BCUT2D eigenvalue weighted by molar-refractivity contribution is 0.471. The van der Waals surface area contributed by atoms with Crippen LogP contribution >= 0.6 is 11.8 Å². The molecule has 0 spiro atoms. The predicted octanol–water partition coefficient (Wildman–Crippen LogP) is 3.73. The molecule has 0 aromatic carbocycles. The van der Waals surface area contributed by atoms with Gasteiger partial charge in [0.2, 0.25) is 0 Å². The van der Waals surface area contributed by atoms with Gasteiger partial charge in [-0.25, -0.2) is 9.97 Å². The molecule has 2 N–H and O–H groups in total. The van der Waals surface area contributed by atoms with E-state index in [0.29, 0.717) is 12.0 Å². The van der Waals surface area contributed by atoms with Gasteiger partial charge in [-0.3, -0.25) is 0 Å². The molecule has 0 unspecified atom stereocenters. The van der Waals surface area contributed by atoms with Gasteiger partial charge in [-0.1, -0.05) is 13.8 Å². The van der Waals surface area contributed by atoms with Crippen molar-refractivity contribution in [1.29, 1.82) is 0 Å². The summed E-state index contributed by atoms with van der Waals surface area (Å²) in [6, 6.07) is 0.551. The summed E-state index contributed by atoms with van der Waals surface area (Å²) in [4.78, 5) is 8.81. The van der Waals surface area contributed by atoms with Crippen LogP contribution in [0.2, 0.25) is 0 Å². The first-order chi connectivity index (χ1) is 9.65. The Kier molecular flexibility index (Phi) is 5.52. The third-order valence-corrected chi connectivity index (χ3v) is 5.18. The highest BCUT2D eigenvalue weighted by atomic mass is 32.2. The molecule has 5 heteroatoms. The highest BCUT2D eigenvalue weighted by Crippen LogP contribution is 2.32. The zero-order chi connectivity index (χ0) is 14.5. The van der Waals surface area contributed by atoms with E-state index in [1.165, 1.54) is 31.2 Å². The fraction of sp³-hybridized carbons (Fsp3) is 0.733. The molecular formula is C15H26N4S. The Morgan fingerprint density at radius 3 is 2.35 bits per heavy atom. The second-order valence-electron chi connectivity index (χ2n) is 5.74. The van der Waals surface area contributed by atoms with Crippen molar-refractivity contribution in [3.8, 4) is 0 Å². The summed E-state index contributed by atoms with van der Waals surface area (Å²) in [5.41, 5.74) is 1.20. The zero-order valence-electron chi connectivity index (χ0n) is 12.9. The van der Waals surface area contributed by atoms with Crippen molar-refractivity contribution in [3.05, 3.63) is 11.9 Å². The second-order valence-corrected chi connectivity index (χ2v) is 6.88. The van der Waals surface area contributed by atoms with Crippen LogP contribution in [0.3, 0.4) is 0 Å². The van der Waals surface area contributed by atoms with Crippen molar-refractivity contribution in [2.75, 3.05) is 23.9 Å². The van der Waals surface area contributed by atoms with Crippen molar-refractivity contribution in [3.63, 3.8) is 0 Å². The van der Waals surface area contributed by atoms with Gasteiger partial charge in [0.1, 0.15) is 18.0 Å². The number of aromatic nitrogens is 2. The van der Waals surface area contributed by atoms with Gasteiger partial charge in [0.25, 0.3) is 0 Å². The first-order valence-electron chi connectivity index (χ1n) is 7.47. The van der Waals surface area contributed by atoms with Crippen LogP contribution in [0.15, 0.2) is 6.33 Å². The van der Waals surface area contributed by atoms with Gasteiger partial charge >= 0.3 is 0 Å². The molecule has 2 rings (SSSR count). The number of hydrogen-bond donors (Lipinski definition) is 2. The maximum Gasteiger partial charge on any atom is 0.135 e. The number of rotatable bonds is 5. The highest BCUT2D eigenvalue weighted by molar-refractivity contribution is 7.99. The molecule has 0 saturated heterocycles. The Hall–Kier alpha value is -0.970. The molecule has 1 aliphatic rings. The molecule has 0 bridgehead atoms. The first kappa shape index (κ1) is 15.4. The monoisotopic (exact) mass is 294 g/mol. The molecule has 1 heterocycles. The first-order valence-corrected chi connectivity index (χ1v) is 8.76. The minimum absolute atomic E-state index is 0.406. The molecule has 0 amide bonds. The summed E-state index contributed by atoms with van der Waals surface area (Å²) >= 11 is 2.00. The Morgan fingerprint density at radius 2 is 1.80 bits per heavy atom. The number of anilines is 2. The lowest BCUT2D eigenvalue weighted by Gasteiger charge is -2.29. The number of hydrogen-bond acceptors (Lipinski definition) is 5. The average molecular weight is 294 g/mol. The van der Waals surface area contributed by atoms with E-state index in [2.05, 4.69) is 40.7 Å². The molecule has 1 aliphatic carbocycles. The lowest BCUT2D eigenvalue weighted by Crippen LogP contribution is -2.28. The van der Waals surface area contributed by atoms with Crippen LogP contribution in [0, 0.1) is 0 Å². The largest absolute Gasteiger partial charge is 0.373 e. The Labute approximate surface area is 126 Å². The Balaban J connectivity index is 2.09. The smallest absolute Gasteiger partial charge is 0.135 e. The fourth-order valence-electron chi connectivity index (χ4n) is 2.89. The summed E-state index contributed by atoms with van der Waals surface area (Å²) in [6.45, 7) is 4.38. The fourth-order valence-corrected chi connectivity index (χ4v) is 3.64. The van der Waals surface area contributed by atoms with E-state index < -0.39 is 0 Å². The third-order valence-electron chi connectivity index (χ3n) is 4.05. The quantitative estimate of drug-likeness (QED) is 0.866. The van der Waals surface area contributed by atoms with Gasteiger partial charge in [0.05, 0.1) is 0 Å². The van der Waals surface area contributed by atoms with E-state index in [4.69, 9.17) is 0 Å². The van der Waals surface area contributed by atoms with Crippen molar-refractivity contribution in [1.82, 2.24) is 9.97 Å². The topological polar surface area (TPSA) is 49.8 Å². The highest BCUT2D eigenvalue weighted by Gasteiger charge is 2.22. The number of nitrogens with zero attached hydrogens (tertiary/aromatic N) is 2. The molecule has 112 valence electrons. The minimum atomic E-state index is 0.406. The molecule has 0 aliphatic heterocycles. The van der Waals surface area contributed by atoms with E-state index in [0.717, 1.165) is 16.9 Å². The third kappa shape index (κ3) is 3.57. The van der Waals surface area contributed by atoms with Gasteiger partial charge in [0.15, 0.2) is 0 Å². The maximum atomic E-state index is 4.47. The van der Waals surface area contributed by atoms with E-state index in [9.17, 15) is 0 Å². The SMILES string of the molecule is CNc1ncnc(NC2CCC(SC)CC2)c1C(C)C. The van der Waals surface area contributed by atoms with E-state index in [1.54, 1.807) is 6.33 Å². The van der Waals surface area contributed by atoms with Gasteiger partial charge in [-0.2, -0.15) is 11.8 Å². The molecule has 20 heavy (non-hydrogen) atoms. The van der Waals surface area contributed by atoms with E-state index in [1.807, 2.05) is 18.8 Å². The lowest BCUT2D eigenvalue weighted by atomic mass is 9.94. The summed E-state index contributed by atoms with van der Waals surface area (Å²) in [7, 11) is 1.92. The second kappa shape index (κ2) is 7.16. The van der Waals surface area contributed by atoms with Crippen LogP contribution in [0.4, 0.5) is 11.6 Å². The van der Waals surface area contributed by atoms with Gasteiger partial charge in [-0.05, 0) is 37.9 Å². The van der Waals surface area contributed by atoms with Crippen LogP contribution in [0.5, 0.6) is 0 Å². The van der Waals surface area contributed by atoms with Crippen LogP contribution in [-0.2, 0) is 0 Å². The average Bonchev–Trinajstić information content (AvgIpc) is 2.47. The molecular weight excluding hydrogens is 268 g/mol. The van der Waals surface area contributed by atoms with Crippen LogP contribution in [-0.4, -0.2) is 34.6 Å². The van der Waals surface area contributed by atoms with Crippen molar-refractivity contribution in [2.24, 2.45) is 0 Å². The summed E-state index contributed by atoms with van der Waals surface area (Å²) in [5.74, 6) is 2.35. The van der Waals surface area contributed by atoms with Crippen molar-refractivity contribution in [2.45, 2.75) is 56.7 Å². The van der Waals surface area contributed by atoms with E-state index >= 15 is 0 Å². The molecule has 0 atom stereocenters. The summed E-state index contributed by atoms with van der Waals surface area (Å²) < 4.78 is 0. The molecule has 1 saturated carbocycles. The minimum Gasteiger partial charge on any atom is -0.373 e. The van der Waals surface area contributed by atoms with Gasteiger partial charge in [0, 0.05) is 23.9 Å². The van der Waals surface area contributed by atoms with Crippen LogP contribution in [0.1, 0.15) is 51.0 Å². The molecule has 4 nitrogen and oxygen atoms in total. The van der Waals surface area contributed by atoms with E-state index in [-0.39, 0.29) is 0 Å². The number of nitrogens with one attached hydrogen (secondary N) is 2. The summed E-state index contributed by atoms with van der Waals surface area (Å²) in [6.07, 6.45) is 8.95. The Bertz CT molecular complexity index is 428.